The summed E-state index contributed by atoms with van der Waals surface area (Å²) in [5.74, 6) is 0. The molecule has 1 saturated heterocycles. The van der Waals surface area contributed by atoms with Gasteiger partial charge in [-0.2, -0.15) is 0 Å². The first-order valence-corrected chi connectivity index (χ1v) is 9.03. The number of benzene rings is 2. The van der Waals surface area contributed by atoms with Crippen LogP contribution in [0.5, 0.6) is 0 Å². The van der Waals surface area contributed by atoms with Gasteiger partial charge in [0.15, 0.2) is 0 Å². The van der Waals surface area contributed by atoms with E-state index in [1.54, 1.807) is 0 Å². The van der Waals surface area contributed by atoms with Crippen LogP contribution in [0.15, 0.2) is 66.7 Å². The first-order valence-electron chi connectivity index (χ1n) is 8.65. The summed E-state index contributed by atoms with van der Waals surface area (Å²) in [6.45, 7) is 7.95. The lowest BCUT2D eigenvalue weighted by atomic mass is 9.94. The summed E-state index contributed by atoms with van der Waals surface area (Å²) in [7, 11) is 0. The van der Waals surface area contributed by atoms with Crippen molar-refractivity contribution in [1.82, 2.24) is 4.90 Å². The molecule has 0 amide bonds. The molecule has 0 spiro atoms. The van der Waals surface area contributed by atoms with Gasteiger partial charge < -0.3 is 4.90 Å². The Bertz CT molecular complexity index is 695. The lowest BCUT2D eigenvalue weighted by Crippen LogP contribution is -2.20. The van der Waals surface area contributed by atoms with E-state index < -0.39 is 0 Å². The van der Waals surface area contributed by atoms with Gasteiger partial charge in [-0.05, 0) is 72.8 Å². The van der Waals surface area contributed by atoms with E-state index in [4.69, 9.17) is 11.6 Å². The second-order valence-electron chi connectivity index (χ2n) is 6.38. The number of rotatable bonds is 6. The van der Waals surface area contributed by atoms with Crippen molar-refractivity contribution in [2.45, 2.75) is 19.3 Å². The molecule has 2 aromatic rings. The molecule has 0 atom stereocenters. The molecular formula is C22H24ClN. The van der Waals surface area contributed by atoms with Gasteiger partial charge in [0.05, 0.1) is 0 Å². The molecule has 124 valence electrons. The van der Waals surface area contributed by atoms with Gasteiger partial charge in [-0.3, -0.25) is 0 Å². The summed E-state index contributed by atoms with van der Waals surface area (Å²) < 4.78 is 0. The molecule has 1 aliphatic rings. The van der Waals surface area contributed by atoms with Crippen LogP contribution in [0.2, 0.25) is 5.02 Å². The summed E-state index contributed by atoms with van der Waals surface area (Å²) in [4.78, 5) is 2.54. The fourth-order valence-corrected chi connectivity index (χ4v) is 3.29. The van der Waals surface area contributed by atoms with Crippen molar-refractivity contribution in [1.29, 1.82) is 0 Å². The predicted molar refractivity (Wildman–Crippen MR) is 105 cm³/mol. The third-order valence-corrected chi connectivity index (χ3v) is 4.83. The summed E-state index contributed by atoms with van der Waals surface area (Å²) in [5, 5.41) is 0.765. The second-order valence-corrected chi connectivity index (χ2v) is 6.81. The van der Waals surface area contributed by atoms with E-state index in [1.807, 2.05) is 12.1 Å². The molecule has 0 saturated carbocycles. The molecule has 1 nitrogen and oxygen atoms in total. The Morgan fingerprint density at radius 2 is 1.67 bits per heavy atom. The SMILES string of the molecule is C=C(CCN1CCCC1)/C(=C\c1ccc(Cl)cc1)c1ccccc1. The standard InChI is InChI=1S/C22H24ClN/c1-18(13-16-24-14-5-6-15-24)22(20-7-3-2-4-8-20)17-19-9-11-21(23)12-10-19/h2-4,7-12,17H,1,5-6,13-16H2/b22-17+. The summed E-state index contributed by atoms with van der Waals surface area (Å²) in [5.41, 5.74) is 4.79. The van der Waals surface area contributed by atoms with E-state index in [2.05, 4.69) is 60.0 Å². The number of nitrogens with zero attached hydrogens (tertiary/aromatic N) is 1. The molecule has 24 heavy (non-hydrogen) atoms. The zero-order valence-corrected chi connectivity index (χ0v) is 14.8. The van der Waals surface area contributed by atoms with Gasteiger partial charge in [-0.15, -0.1) is 0 Å². The van der Waals surface area contributed by atoms with Crippen LogP contribution in [0.3, 0.4) is 0 Å². The largest absolute Gasteiger partial charge is 0.303 e. The van der Waals surface area contributed by atoms with Crippen molar-refractivity contribution in [3.63, 3.8) is 0 Å². The maximum atomic E-state index is 6.01. The first kappa shape index (κ1) is 17.0. The fourth-order valence-electron chi connectivity index (χ4n) is 3.17. The van der Waals surface area contributed by atoms with Gasteiger partial charge in [0.2, 0.25) is 0 Å². The Labute approximate surface area is 150 Å². The number of likely N-dealkylation sites (tertiary alicyclic amines) is 1. The van der Waals surface area contributed by atoms with Crippen LogP contribution in [0.25, 0.3) is 11.6 Å². The van der Waals surface area contributed by atoms with Crippen molar-refractivity contribution < 1.29 is 0 Å². The smallest absolute Gasteiger partial charge is 0.0406 e. The highest BCUT2D eigenvalue weighted by Crippen LogP contribution is 2.28. The highest BCUT2D eigenvalue weighted by Gasteiger charge is 2.13. The number of allylic oxidation sites excluding steroid dienone is 1. The van der Waals surface area contributed by atoms with Gasteiger partial charge >= 0.3 is 0 Å². The molecule has 1 heterocycles. The zero-order valence-electron chi connectivity index (χ0n) is 14.0. The molecule has 1 fully saturated rings. The minimum Gasteiger partial charge on any atom is -0.303 e. The average Bonchev–Trinajstić information content (AvgIpc) is 3.13. The normalized spacial score (nSPS) is 15.6. The summed E-state index contributed by atoms with van der Waals surface area (Å²) in [6, 6.07) is 18.5. The summed E-state index contributed by atoms with van der Waals surface area (Å²) >= 11 is 6.01. The Kier molecular flexibility index (Phi) is 5.90. The van der Waals surface area contributed by atoms with E-state index >= 15 is 0 Å². The lowest BCUT2D eigenvalue weighted by Gasteiger charge is -2.17. The molecule has 0 aliphatic carbocycles. The monoisotopic (exact) mass is 337 g/mol. The van der Waals surface area contributed by atoms with E-state index in [9.17, 15) is 0 Å². The molecule has 0 unspecified atom stereocenters. The van der Waals surface area contributed by atoms with Gasteiger partial charge in [0.25, 0.3) is 0 Å². The molecule has 0 aromatic heterocycles. The van der Waals surface area contributed by atoms with Crippen molar-refractivity contribution in [2.75, 3.05) is 19.6 Å². The number of hydrogen-bond acceptors (Lipinski definition) is 1. The van der Waals surface area contributed by atoms with E-state index in [1.165, 1.54) is 42.6 Å². The highest BCUT2D eigenvalue weighted by atomic mass is 35.5. The van der Waals surface area contributed by atoms with Crippen molar-refractivity contribution in [2.24, 2.45) is 0 Å². The molecule has 0 N–H and O–H groups in total. The van der Waals surface area contributed by atoms with Crippen molar-refractivity contribution in [3.8, 4) is 0 Å². The van der Waals surface area contributed by atoms with E-state index in [0.29, 0.717) is 0 Å². The number of halogens is 1. The molecule has 2 aromatic carbocycles. The Morgan fingerprint density at radius 1 is 1.00 bits per heavy atom. The van der Waals surface area contributed by atoms with Gasteiger partial charge in [0, 0.05) is 11.6 Å². The lowest BCUT2D eigenvalue weighted by molar-refractivity contribution is 0.344. The van der Waals surface area contributed by atoms with Crippen LogP contribution in [0, 0.1) is 0 Å². The van der Waals surface area contributed by atoms with E-state index in [-0.39, 0.29) is 0 Å². The van der Waals surface area contributed by atoms with Crippen LogP contribution in [-0.4, -0.2) is 24.5 Å². The highest BCUT2D eigenvalue weighted by molar-refractivity contribution is 6.30. The topological polar surface area (TPSA) is 3.24 Å². The van der Waals surface area contributed by atoms with E-state index in [0.717, 1.165) is 23.6 Å². The van der Waals surface area contributed by atoms with Crippen molar-refractivity contribution >= 4 is 23.3 Å². The maximum absolute atomic E-state index is 6.01. The zero-order chi connectivity index (χ0) is 16.8. The molecule has 0 radical (unpaired) electrons. The quantitative estimate of drug-likeness (QED) is 0.467. The predicted octanol–water partition coefficient (Wildman–Crippen LogP) is 5.92. The van der Waals surface area contributed by atoms with Gasteiger partial charge in [0.1, 0.15) is 0 Å². The van der Waals surface area contributed by atoms with Crippen LogP contribution in [0.4, 0.5) is 0 Å². The average molecular weight is 338 g/mol. The molecule has 1 aliphatic heterocycles. The maximum Gasteiger partial charge on any atom is 0.0406 e. The Balaban J connectivity index is 1.81. The Hall–Kier alpha value is -1.83. The molecule has 0 bridgehead atoms. The minimum absolute atomic E-state index is 0.765. The summed E-state index contributed by atoms with van der Waals surface area (Å²) in [6.07, 6.45) is 5.89. The van der Waals surface area contributed by atoms with Crippen LogP contribution < -0.4 is 0 Å². The molecule has 3 rings (SSSR count). The van der Waals surface area contributed by atoms with Crippen LogP contribution in [0.1, 0.15) is 30.4 Å². The van der Waals surface area contributed by atoms with Crippen LogP contribution in [-0.2, 0) is 0 Å². The van der Waals surface area contributed by atoms with Crippen LogP contribution >= 0.6 is 11.6 Å². The molecule has 2 heteroatoms. The van der Waals surface area contributed by atoms with Gasteiger partial charge in [-0.25, -0.2) is 0 Å². The second kappa shape index (κ2) is 8.32. The Morgan fingerprint density at radius 3 is 2.33 bits per heavy atom. The van der Waals surface area contributed by atoms with Gasteiger partial charge in [-0.1, -0.05) is 60.6 Å². The molecular weight excluding hydrogens is 314 g/mol. The third kappa shape index (κ3) is 4.59. The minimum atomic E-state index is 0.765. The third-order valence-electron chi connectivity index (χ3n) is 4.58. The number of hydrogen-bond donors (Lipinski definition) is 0. The van der Waals surface area contributed by atoms with Crippen molar-refractivity contribution in [3.05, 3.63) is 82.9 Å². The first-order chi connectivity index (χ1) is 11.7. The fraction of sp³-hybridized carbons (Fsp3) is 0.273.